The largest absolute Gasteiger partial charge is 0.310 e. The van der Waals surface area contributed by atoms with E-state index in [1.807, 2.05) is 30.8 Å². The van der Waals surface area contributed by atoms with Crippen molar-refractivity contribution in [3.8, 4) is 0 Å². The number of aromatic nitrogens is 2. The number of aryl methyl sites for hydroxylation is 2. The standard InChI is InChI=1S/C16H21ClFN3/c1-4-9-19-14(12-5-7-13(18)8-6-12)10-15-16(17)11(2)20-21(15)3/h5-8,14,19H,4,9-10H2,1-3H3. The SMILES string of the molecule is CCCNC(Cc1c(Cl)c(C)nn1C)c1ccc(F)cc1. The van der Waals surface area contributed by atoms with Gasteiger partial charge in [0.15, 0.2) is 0 Å². The summed E-state index contributed by atoms with van der Waals surface area (Å²) in [5.74, 6) is -0.220. The van der Waals surface area contributed by atoms with Gasteiger partial charge in [-0.2, -0.15) is 5.10 Å². The first kappa shape index (κ1) is 16.0. The van der Waals surface area contributed by atoms with Crippen molar-refractivity contribution in [1.29, 1.82) is 0 Å². The van der Waals surface area contributed by atoms with Gasteiger partial charge in [0, 0.05) is 19.5 Å². The van der Waals surface area contributed by atoms with Gasteiger partial charge < -0.3 is 5.32 Å². The maximum atomic E-state index is 13.1. The van der Waals surface area contributed by atoms with Crippen LogP contribution in [0.1, 0.15) is 36.3 Å². The summed E-state index contributed by atoms with van der Waals surface area (Å²) in [4.78, 5) is 0. The van der Waals surface area contributed by atoms with Crippen LogP contribution in [0.25, 0.3) is 0 Å². The molecule has 0 aliphatic rings. The molecule has 2 aromatic rings. The third-order valence-electron chi connectivity index (χ3n) is 3.57. The molecule has 2 rings (SSSR count). The van der Waals surface area contributed by atoms with Crippen molar-refractivity contribution < 1.29 is 4.39 Å². The third kappa shape index (κ3) is 3.83. The van der Waals surface area contributed by atoms with E-state index >= 15 is 0 Å². The van der Waals surface area contributed by atoms with Gasteiger partial charge in [0.25, 0.3) is 0 Å². The molecule has 0 radical (unpaired) electrons. The zero-order valence-corrected chi connectivity index (χ0v) is 13.4. The average molecular weight is 310 g/mol. The molecule has 0 saturated carbocycles. The number of benzene rings is 1. The van der Waals surface area contributed by atoms with Crippen LogP contribution in [0, 0.1) is 12.7 Å². The van der Waals surface area contributed by atoms with Crippen LogP contribution in [0.15, 0.2) is 24.3 Å². The minimum Gasteiger partial charge on any atom is -0.310 e. The van der Waals surface area contributed by atoms with Gasteiger partial charge in [-0.3, -0.25) is 4.68 Å². The molecular formula is C16H21ClFN3. The molecule has 0 fully saturated rings. The number of rotatable bonds is 6. The molecule has 0 spiro atoms. The number of halogens is 2. The Morgan fingerprint density at radius 1 is 1.33 bits per heavy atom. The second-order valence-electron chi connectivity index (χ2n) is 5.23. The zero-order chi connectivity index (χ0) is 15.4. The van der Waals surface area contributed by atoms with Crippen molar-refractivity contribution >= 4 is 11.6 Å². The highest BCUT2D eigenvalue weighted by atomic mass is 35.5. The van der Waals surface area contributed by atoms with Crippen LogP contribution in [0.5, 0.6) is 0 Å². The molecule has 1 N–H and O–H groups in total. The third-order valence-corrected chi connectivity index (χ3v) is 4.06. The van der Waals surface area contributed by atoms with E-state index in [4.69, 9.17) is 11.6 Å². The lowest BCUT2D eigenvalue weighted by Crippen LogP contribution is -2.25. The summed E-state index contributed by atoms with van der Waals surface area (Å²) in [6.07, 6.45) is 1.76. The Bertz CT molecular complexity index is 592. The molecule has 0 bridgehead atoms. The fraction of sp³-hybridized carbons (Fsp3) is 0.438. The summed E-state index contributed by atoms with van der Waals surface area (Å²) in [5, 5.41) is 8.55. The van der Waals surface area contributed by atoms with Gasteiger partial charge in [-0.15, -0.1) is 0 Å². The zero-order valence-electron chi connectivity index (χ0n) is 12.7. The predicted molar refractivity (Wildman–Crippen MR) is 84.1 cm³/mol. The van der Waals surface area contributed by atoms with E-state index in [2.05, 4.69) is 17.3 Å². The fourth-order valence-electron chi connectivity index (χ4n) is 2.42. The van der Waals surface area contributed by atoms with E-state index in [9.17, 15) is 4.39 Å². The van der Waals surface area contributed by atoms with E-state index in [-0.39, 0.29) is 11.9 Å². The van der Waals surface area contributed by atoms with Gasteiger partial charge in [-0.25, -0.2) is 4.39 Å². The molecule has 1 unspecified atom stereocenters. The summed E-state index contributed by atoms with van der Waals surface area (Å²) >= 11 is 6.33. The van der Waals surface area contributed by atoms with Gasteiger partial charge in [0.1, 0.15) is 5.82 Å². The van der Waals surface area contributed by atoms with Crippen LogP contribution in [0.4, 0.5) is 4.39 Å². The molecule has 1 heterocycles. The number of hydrogen-bond donors (Lipinski definition) is 1. The Morgan fingerprint density at radius 2 is 2.00 bits per heavy atom. The summed E-state index contributed by atoms with van der Waals surface area (Å²) in [6, 6.07) is 6.72. The van der Waals surface area contributed by atoms with Crippen molar-refractivity contribution in [2.75, 3.05) is 6.54 Å². The van der Waals surface area contributed by atoms with Crippen molar-refractivity contribution in [1.82, 2.24) is 15.1 Å². The highest BCUT2D eigenvalue weighted by molar-refractivity contribution is 6.31. The van der Waals surface area contributed by atoms with E-state index in [0.29, 0.717) is 5.02 Å². The van der Waals surface area contributed by atoms with Gasteiger partial charge in [0.2, 0.25) is 0 Å². The van der Waals surface area contributed by atoms with Crippen LogP contribution in [0.3, 0.4) is 0 Å². The first-order valence-corrected chi connectivity index (χ1v) is 7.57. The topological polar surface area (TPSA) is 29.9 Å². The maximum Gasteiger partial charge on any atom is 0.123 e. The van der Waals surface area contributed by atoms with Crippen molar-refractivity contribution in [3.05, 3.63) is 52.1 Å². The lowest BCUT2D eigenvalue weighted by molar-refractivity contribution is 0.511. The molecule has 21 heavy (non-hydrogen) atoms. The lowest BCUT2D eigenvalue weighted by Gasteiger charge is -2.19. The van der Waals surface area contributed by atoms with E-state index in [0.717, 1.165) is 36.3 Å². The summed E-state index contributed by atoms with van der Waals surface area (Å²) in [7, 11) is 1.90. The Labute approximate surface area is 130 Å². The molecule has 1 atom stereocenters. The van der Waals surface area contributed by atoms with E-state index in [1.54, 1.807) is 0 Å². The fourth-order valence-corrected chi connectivity index (χ4v) is 2.65. The summed E-state index contributed by atoms with van der Waals surface area (Å²) in [6.45, 7) is 4.92. The predicted octanol–water partition coefficient (Wildman–Crippen LogP) is 3.80. The highest BCUT2D eigenvalue weighted by Gasteiger charge is 2.18. The monoisotopic (exact) mass is 309 g/mol. The Hall–Kier alpha value is -1.39. The quantitative estimate of drug-likeness (QED) is 0.879. The summed E-state index contributed by atoms with van der Waals surface area (Å²) < 4.78 is 14.9. The second kappa shape index (κ2) is 7.05. The molecule has 3 nitrogen and oxygen atoms in total. The van der Waals surface area contributed by atoms with Gasteiger partial charge in [-0.05, 0) is 37.6 Å². The molecule has 114 valence electrons. The van der Waals surface area contributed by atoms with E-state index in [1.165, 1.54) is 12.1 Å². The van der Waals surface area contributed by atoms with Crippen LogP contribution in [0.2, 0.25) is 5.02 Å². The Morgan fingerprint density at radius 3 is 2.52 bits per heavy atom. The first-order chi connectivity index (χ1) is 10.0. The van der Waals surface area contributed by atoms with Gasteiger partial charge in [0.05, 0.1) is 16.4 Å². The molecule has 1 aromatic carbocycles. The van der Waals surface area contributed by atoms with Crippen LogP contribution in [-0.4, -0.2) is 16.3 Å². The number of nitrogens with zero attached hydrogens (tertiary/aromatic N) is 2. The van der Waals surface area contributed by atoms with Crippen molar-refractivity contribution in [3.63, 3.8) is 0 Å². The minimum atomic E-state index is -0.220. The Kier molecular flexibility index (Phi) is 5.37. The molecule has 0 aliphatic heterocycles. The smallest absolute Gasteiger partial charge is 0.123 e. The maximum absolute atomic E-state index is 13.1. The lowest BCUT2D eigenvalue weighted by atomic mass is 10.0. The second-order valence-corrected chi connectivity index (χ2v) is 5.61. The molecular weight excluding hydrogens is 289 g/mol. The summed E-state index contributed by atoms with van der Waals surface area (Å²) in [5.41, 5.74) is 2.88. The molecule has 0 aliphatic carbocycles. The number of nitrogens with one attached hydrogen (secondary N) is 1. The molecule has 0 amide bonds. The van der Waals surface area contributed by atoms with E-state index < -0.39 is 0 Å². The molecule has 0 saturated heterocycles. The normalized spacial score (nSPS) is 12.6. The first-order valence-electron chi connectivity index (χ1n) is 7.19. The van der Waals surface area contributed by atoms with Gasteiger partial charge in [-0.1, -0.05) is 30.7 Å². The van der Waals surface area contributed by atoms with Crippen LogP contribution in [-0.2, 0) is 13.5 Å². The molecule has 5 heteroatoms. The van der Waals surface area contributed by atoms with Crippen LogP contribution >= 0.6 is 11.6 Å². The highest BCUT2D eigenvalue weighted by Crippen LogP contribution is 2.25. The number of hydrogen-bond acceptors (Lipinski definition) is 2. The minimum absolute atomic E-state index is 0.0952. The molecule has 1 aromatic heterocycles. The Balaban J connectivity index is 2.25. The van der Waals surface area contributed by atoms with Gasteiger partial charge >= 0.3 is 0 Å². The average Bonchev–Trinajstić information content (AvgIpc) is 2.70. The van der Waals surface area contributed by atoms with Crippen molar-refractivity contribution in [2.45, 2.75) is 32.7 Å². The van der Waals surface area contributed by atoms with Crippen LogP contribution < -0.4 is 5.32 Å². The van der Waals surface area contributed by atoms with Crippen molar-refractivity contribution in [2.24, 2.45) is 7.05 Å².